The lowest BCUT2D eigenvalue weighted by Crippen LogP contribution is -2.36. The average Bonchev–Trinajstić information content (AvgIpc) is 3.39. The molecule has 2 aliphatic rings. The first kappa shape index (κ1) is 23.7. The van der Waals surface area contributed by atoms with Gasteiger partial charge in [-0.2, -0.15) is 13.2 Å². The van der Waals surface area contributed by atoms with Gasteiger partial charge in [0.25, 0.3) is 0 Å². The second-order valence-electron chi connectivity index (χ2n) is 8.94. The van der Waals surface area contributed by atoms with E-state index in [1.54, 1.807) is 19.1 Å². The minimum Gasteiger partial charge on any atom is -0.370 e. The molecule has 178 valence electrons. The summed E-state index contributed by atoms with van der Waals surface area (Å²) in [5.41, 5.74) is 0.165. The molecule has 1 saturated heterocycles. The van der Waals surface area contributed by atoms with Crippen molar-refractivity contribution in [2.45, 2.75) is 69.6 Å². The highest BCUT2D eigenvalue weighted by atomic mass is 19.4. The van der Waals surface area contributed by atoms with Gasteiger partial charge in [-0.05, 0) is 73.1 Å². The van der Waals surface area contributed by atoms with E-state index in [1.807, 2.05) is 0 Å². The van der Waals surface area contributed by atoms with E-state index in [2.05, 4.69) is 5.32 Å². The number of alkyl halides is 4. The van der Waals surface area contributed by atoms with Gasteiger partial charge in [-0.3, -0.25) is 4.79 Å². The Kier molecular flexibility index (Phi) is 6.75. The Morgan fingerprint density at radius 3 is 2.42 bits per heavy atom. The lowest BCUT2D eigenvalue weighted by atomic mass is 9.82. The minimum atomic E-state index is -4.59. The van der Waals surface area contributed by atoms with Crippen molar-refractivity contribution in [3.05, 3.63) is 70.5 Å². The van der Waals surface area contributed by atoms with Crippen LogP contribution in [0.1, 0.15) is 66.9 Å². The number of carbonyl (C=O) groups is 1. The Morgan fingerprint density at radius 2 is 1.82 bits per heavy atom. The van der Waals surface area contributed by atoms with Crippen LogP contribution in [0.5, 0.6) is 0 Å². The summed E-state index contributed by atoms with van der Waals surface area (Å²) >= 11 is 0. The van der Waals surface area contributed by atoms with E-state index in [4.69, 9.17) is 4.74 Å². The van der Waals surface area contributed by atoms with Gasteiger partial charge in [0.05, 0.1) is 17.8 Å². The van der Waals surface area contributed by atoms with Crippen LogP contribution in [0.15, 0.2) is 42.5 Å². The van der Waals surface area contributed by atoms with Gasteiger partial charge in [-0.15, -0.1) is 0 Å². The number of ether oxygens (including phenoxy) is 1. The zero-order valence-corrected chi connectivity index (χ0v) is 18.2. The average molecular weight is 467 g/mol. The highest BCUT2D eigenvalue weighted by molar-refractivity contribution is 5.78. The zero-order valence-electron chi connectivity index (χ0n) is 18.2. The lowest BCUT2D eigenvalue weighted by Gasteiger charge is -2.31. The molecular weight excluding hydrogens is 441 g/mol. The molecule has 1 aliphatic carbocycles. The quantitative estimate of drug-likeness (QED) is 0.512. The van der Waals surface area contributed by atoms with Crippen LogP contribution in [-0.4, -0.2) is 18.1 Å². The first-order valence-electron chi connectivity index (χ1n) is 11.1. The first-order valence-corrected chi connectivity index (χ1v) is 11.1. The summed E-state index contributed by atoms with van der Waals surface area (Å²) in [4.78, 5) is 11.8. The molecule has 1 heterocycles. The molecule has 1 amide bonds. The molecule has 4 rings (SSSR count). The molecule has 8 heteroatoms. The fourth-order valence-corrected chi connectivity index (χ4v) is 5.24. The maximum Gasteiger partial charge on any atom is 0.416 e. The third kappa shape index (κ3) is 5.21. The fourth-order valence-electron chi connectivity index (χ4n) is 5.24. The Hall–Kier alpha value is -2.48. The topological polar surface area (TPSA) is 38.3 Å². The molecular formula is C25H26F5NO2. The molecule has 0 bridgehead atoms. The van der Waals surface area contributed by atoms with Gasteiger partial charge < -0.3 is 10.1 Å². The van der Waals surface area contributed by atoms with Gasteiger partial charge in [-0.25, -0.2) is 8.78 Å². The highest BCUT2D eigenvalue weighted by Gasteiger charge is 2.44. The van der Waals surface area contributed by atoms with Crippen LogP contribution in [-0.2, 0) is 22.4 Å². The van der Waals surface area contributed by atoms with Gasteiger partial charge in [0.15, 0.2) is 0 Å². The number of halogens is 5. The standard InChI is InChI=1S/C25H26F5NO2/c1-14(17-10-15(13-26)11-18(12-17)25(28,29)30)33-22-8-6-20(21-7-9-23(32)31-21)24(22)16-2-4-19(27)5-3-16/h2-5,10-12,14,20-22,24H,6-9,13H2,1H3,(H,31,32)/t14-,20+,21+,22+,24+/m1/s1. The van der Waals surface area contributed by atoms with Crippen molar-refractivity contribution in [3.8, 4) is 0 Å². The van der Waals surface area contributed by atoms with E-state index in [9.17, 15) is 26.7 Å². The molecule has 1 saturated carbocycles. The molecule has 2 aromatic rings. The molecule has 2 aromatic carbocycles. The van der Waals surface area contributed by atoms with E-state index in [0.717, 1.165) is 24.1 Å². The lowest BCUT2D eigenvalue weighted by molar-refractivity contribution is -0.137. The van der Waals surface area contributed by atoms with Crippen molar-refractivity contribution in [2.75, 3.05) is 0 Å². The number of amides is 1. The number of hydrogen-bond acceptors (Lipinski definition) is 2. The summed E-state index contributed by atoms with van der Waals surface area (Å²) in [6.45, 7) is 0.651. The second kappa shape index (κ2) is 9.41. The molecule has 0 unspecified atom stereocenters. The van der Waals surface area contributed by atoms with E-state index in [1.165, 1.54) is 18.2 Å². The smallest absolute Gasteiger partial charge is 0.370 e. The molecule has 3 nitrogen and oxygen atoms in total. The molecule has 33 heavy (non-hydrogen) atoms. The maximum atomic E-state index is 13.5. The SMILES string of the molecule is C[C@@H](O[C@H]1CC[C@@H]([C@@H]2CCC(=O)N2)[C@@H]1c1ccc(F)cc1)c1cc(CF)cc(C(F)(F)F)c1. The highest BCUT2D eigenvalue weighted by Crippen LogP contribution is 2.46. The van der Waals surface area contributed by atoms with Gasteiger partial charge in [-0.1, -0.05) is 18.2 Å². The van der Waals surface area contributed by atoms with Gasteiger partial charge in [0.1, 0.15) is 12.5 Å². The van der Waals surface area contributed by atoms with Crippen LogP contribution in [0, 0.1) is 11.7 Å². The van der Waals surface area contributed by atoms with Crippen molar-refractivity contribution in [2.24, 2.45) is 5.92 Å². The van der Waals surface area contributed by atoms with Crippen molar-refractivity contribution in [1.29, 1.82) is 0 Å². The van der Waals surface area contributed by atoms with Crippen LogP contribution < -0.4 is 5.32 Å². The number of nitrogens with one attached hydrogen (secondary N) is 1. The van der Waals surface area contributed by atoms with Crippen molar-refractivity contribution in [3.63, 3.8) is 0 Å². The molecule has 2 fully saturated rings. The molecule has 5 atom stereocenters. The number of carbonyl (C=O) groups excluding carboxylic acids is 1. The molecule has 0 spiro atoms. The number of benzene rings is 2. The molecule has 1 aliphatic heterocycles. The normalized spacial score (nSPS) is 26.4. The van der Waals surface area contributed by atoms with Crippen molar-refractivity contribution in [1.82, 2.24) is 5.32 Å². The van der Waals surface area contributed by atoms with Crippen molar-refractivity contribution >= 4 is 5.91 Å². The van der Waals surface area contributed by atoms with E-state index in [0.29, 0.717) is 19.3 Å². The second-order valence-corrected chi connectivity index (χ2v) is 8.94. The monoisotopic (exact) mass is 467 g/mol. The summed E-state index contributed by atoms with van der Waals surface area (Å²) in [7, 11) is 0. The Balaban J connectivity index is 1.60. The summed E-state index contributed by atoms with van der Waals surface area (Å²) in [6.07, 6.45) is -3.05. The van der Waals surface area contributed by atoms with Crippen LogP contribution >= 0.6 is 0 Å². The number of rotatable bonds is 6. The Labute approximate surface area is 189 Å². The first-order chi connectivity index (χ1) is 15.7. The summed E-state index contributed by atoms with van der Waals surface area (Å²) < 4.78 is 73.0. The predicted molar refractivity (Wildman–Crippen MR) is 113 cm³/mol. The van der Waals surface area contributed by atoms with Crippen molar-refractivity contribution < 1.29 is 31.5 Å². The van der Waals surface area contributed by atoms with Gasteiger partial charge in [0, 0.05) is 18.4 Å². The van der Waals surface area contributed by atoms with Gasteiger partial charge in [0.2, 0.25) is 5.91 Å². The minimum absolute atomic E-state index is 0.00156. The molecule has 0 radical (unpaired) electrons. The molecule has 1 N–H and O–H groups in total. The largest absolute Gasteiger partial charge is 0.416 e. The summed E-state index contributed by atoms with van der Waals surface area (Å²) in [5, 5.41) is 3.02. The third-order valence-electron chi connectivity index (χ3n) is 6.79. The van der Waals surface area contributed by atoms with E-state index in [-0.39, 0.29) is 46.8 Å². The maximum absolute atomic E-state index is 13.5. The molecule has 0 aromatic heterocycles. The predicted octanol–water partition coefficient (Wildman–Crippen LogP) is 6.23. The van der Waals surface area contributed by atoms with Crippen LogP contribution in [0.4, 0.5) is 22.0 Å². The van der Waals surface area contributed by atoms with Crippen LogP contribution in [0.3, 0.4) is 0 Å². The number of hydrogen-bond donors (Lipinski definition) is 1. The van der Waals surface area contributed by atoms with E-state index >= 15 is 0 Å². The van der Waals surface area contributed by atoms with E-state index < -0.39 is 24.5 Å². The Morgan fingerprint density at radius 1 is 1.09 bits per heavy atom. The van der Waals surface area contributed by atoms with Crippen LogP contribution in [0.2, 0.25) is 0 Å². The zero-order chi connectivity index (χ0) is 23.8. The van der Waals surface area contributed by atoms with Gasteiger partial charge >= 0.3 is 6.18 Å². The summed E-state index contributed by atoms with van der Waals surface area (Å²) in [6, 6.07) is 9.33. The fraction of sp³-hybridized carbons (Fsp3) is 0.480. The summed E-state index contributed by atoms with van der Waals surface area (Å²) in [5.74, 6) is -0.445. The Bertz CT molecular complexity index is 991. The third-order valence-corrected chi connectivity index (χ3v) is 6.79. The van der Waals surface area contributed by atoms with Crippen LogP contribution in [0.25, 0.3) is 0 Å².